The third-order valence-electron chi connectivity index (χ3n) is 8.85. The Balaban J connectivity index is -0.000000986. The third kappa shape index (κ3) is 20.2. The predicted molar refractivity (Wildman–Crippen MR) is 208 cm³/mol. The molecule has 15 heteroatoms. The molecule has 54 heavy (non-hydrogen) atoms. The van der Waals surface area contributed by atoms with Crippen molar-refractivity contribution in [2.75, 3.05) is 25.0 Å². The van der Waals surface area contributed by atoms with E-state index in [1.807, 2.05) is 41.5 Å². The van der Waals surface area contributed by atoms with Crippen molar-refractivity contribution in [3.8, 4) is 0 Å². The number of hydrogen-bond acceptors (Lipinski definition) is 9. The quantitative estimate of drug-likeness (QED) is 0.0449. The average Bonchev–Trinajstić information content (AvgIpc) is 3.05. The van der Waals surface area contributed by atoms with Gasteiger partial charge in [-0.3, -0.25) is 33.7 Å². The van der Waals surface area contributed by atoms with Crippen molar-refractivity contribution in [3.05, 3.63) is 35.6 Å². The number of carbonyl (C=O) groups excluding carboxylic acids is 6. The van der Waals surface area contributed by atoms with Crippen molar-refractivity contribution in [1.29, 1.82) is 0 Å². The van der Waals surface area contributed by atoms with E-state index in [1.165, 1.54) is 11.3 Å². The van der Waals surface area contributed by atoms with E-state index in [0.717, 1.165) is 18.4 Å². The summed E-state index contributed by atoms with van der Waals surface area (Å²) in [7, 11) is 0. The number of nitrogens with one attached hydrogen (secondary N) is 4. The second kappa shape index (κ2) is 26.9. The summed E-state index contributed by atoms with van der Waals surface area (Å²) >= 11 is 0. The molecule has 1 heterocycles. The molecule has 0 atom stereocenters. The van der Waals surface area contributed by atoms with Crippen LogP contribution in [0.1, 0.15) is 127 Å². The third-order valence-corrected chi connectivity index (χ3v) is 8.85. The van der Waals surface area contributed by atoms with E-state index in [0.29, 0.717) is 38.0 Å². The number of rotatable bonds is 15. The summed E-state index contributed by atoms with van der Waals surface area (Å²) in [6.45, 7) is 24.1. The second-order valence-electron chi connectivity index (χ2n) is 16.1. The number of unbranched alkanes of at least 4 members (excludes halogenated alkanes) is 1. The summed E-state index contributed by atoms with van der Waals surface area (Å²) in [5.74, 6) is 2.19. The second-order valence-corrected chi connectivity index (χ2v) is 16.1. The zero-order valence-corrected chi connectivity index (χ0v) is 37.8. The van der Waals surface area contributed by atoms with Gasteiger partial charge in [0.25, 0.3) is 0 Å². The van der Waals surface area contributed by atoms with Crippen molar-refractivity contribution in [3.63, 3.8) is 0 Å². The molecular formula is C39H69N6O8Y-. The number of amides is 5. The van der Waals surface area contributed by atoms with Crippen molar-refractivity contribution < 1.29 is 71.4 Å². The Bertz CT molecular complexity index is 1280. The molecule has 0 aromatic heterocycles. The van der Waals surface area contributed by atoms with Crippen molar-refractivity contribution in [2.24, 2.45) is 28.1 Å². The molecule has 0 aliphatic carbocycles. The number of ether oxygens (including phenoxy) is 1. The van der Waals surface area contributed by atoms with Gasteiger partial charge in [-0.05, 0) is 55.2 Å². The number of piperidine rings is 1. The summed E-state index contributed by atoms with van der Waals surface area (Å²) in [5, 5.41) is 14.4. The minimum Gasteiger partial charge on any atom is -0.677 e. The van der Waals surface area contributed by atoms with Gasteiger partial charge in [0.05, 0.1) is 12.5 Å². The molecule has 14 nitrogen and oxygen atoms in total. The van der Waals surface area contributed by atoms with Crippen LogP contribution >= 0.6 is 0 Å². The van der Waals surface area contributed by atoms with Gasteiger partial charge in [-0.2, -0.15) is 6.54 Å². The van der Waals surface area contributed by atoms with Crippen LogP contribution in [0.5, 0.6) is 0 Å². The fourth-order valence-electron chi connectivity index (χ4n) is 5.50. The Morgan fingerprint density at radius 3 is 1.89 bits per heavy atom. The van der Waals surface area contributed by atoms with E-state index in [9.17, 15) is 28.8 Å². The standard InChI is InChI=1S/C24H43N4O4.C12H15NO3.C3H8.H3NO.Y/c1-21(2,3)24(8)13-18(30)28(19(31)14-24)23(6,7)16-22(4,5)20(32)27-15-17(29)26-12-10-9-11-25;1-9(2)12(15)16-7-10-3-5-11(6-4-10)13-8-14;1-3-2;1-2;/h25H,9-16H2,1-8H3,(H,26,29)(H,27,32);3-6,8-9H,7H2,1-2H3,(H,13,14);3H2,1-2H3;2H,1H2;/q-1;;;;. The number of nitrogens with two attached hydrogens (primary N) is 1. The summed E-state index contributed by atoms with van der Waals surface area (Å²) in [4.78, 5) is 73.6. The molecule has 1 aromatic rings. The number of carbonyl (C=O) groups is 6. The zero-order valence-electron chi connectivity index (χ0n) is 34.9. The van der Waals surface area contributed by atoms with Crippen molar-refractivity contribution in [2.45, 2.75) is 134 Å². The van der Waals surface area contributed by atoms with Crippen LogP contribution in [0.25, 0.3) is 5.73 Å². The maximum absolute atomic E-state index is 13.1. The van der Waals surface area contributed by atoms with Gasteiger partial charge >= 0.3 is 5.97 Å². The van der Waals surface area contributed by atoms with Gasteiger partial charge in [0.1, 0.15) is 6.61 Å². The summed E-state index contributed by atoms with van der Waals surface area (Å²) in [6, 6.07) is 7.12. The normalized spacial score (nSPS) is 13.7. The number of esters is 1. The van der Waals surface area contributed by atoms with E-state index in [-0.39, 0.29) is 93.2 Å². The Kier molecular flexibility index (Phi) is 27.7. The number of likely N-dealkylation sites (tertiary alicyclic amines) is 1. The van der Waals surface area contributed by atoms with Crippen LogP contribution in [0, 0.1) is 22.2 Å². The molecule has 1 saturated heterocycles. The van der Waals surface area contributed by atoms with Gasteiger partial charge in [0, 0.05) is 68.7 Å². The van der Waals surface area contributed by atoms with Crippen LogP contribution in [0.4, 0.5) is 5.69 Å². The first-order valence-corrected chi connectivity index (χ1v) is 18.3. The molecule has 1 aromatic carbocycles. The minimum atomic E-state index is -0.889. The molecule has 1 aliphatic rings. The topological polar surface area (TPSA) is 221 Å². The number of nitrogens with zero attached hydrogens (tertiary/aromatic N) is 1. The molecular weight excluding hydrogens is 769 g/mol. The Morgan fingerprint density at radius 2 is 1.46 bits per heavy atom. The molecule has 1 aliphatic heterocycles. The van der Waals surface area contributed by atoms with Crippen molar-refractivity contribution >= 4 is 41.7 Å². The molecule has 0 bridgehead atoms. The van der Waals surface area contributed by atoms with Crippen LogP contribution in [0.3, 0.4) is 0 Å². The molecule has 5 amide bonds. The van der Waals surface area contributed by atoms with Crippen LogP contribution in [-0.2, 0) is 72.8 Å². The number of hydrogen-bond donors (Lipinski definition) is 5. The smallest absolute Gasteiger partial charge is 0.308 e. The molecule has 1 fully saturated rings. The monoisotopic (exact) mass is 838 g/mol. The van der Waals surface area contributed by atoms with Crippen LogP contribution in [0.2, 0.25) is 0 Å². The summed E-state index contributed by atoms with van der Waals surface area (Å²) in [5.41, 5.74) is 6.38. The zero-order chi connectivity index (χ0) is 41.6. The fraction of sp³-hybridized carbons (Fsp3) is 0.692. The van der Waals surface area contributed by atoms with Gasteiger partial charge in [-0.15, -0.1) is 0 Å². The SMILES string of the molecule is CC(C)(CC(C)(C)N1C(=O)CC(C)(C(C)(C)C)CC1=O)C(=O)NCC(=O)NCCCC[NH-].CC(C)C(=O)OCc1ccc(NC=O)cc1.CCC.NO.[Y]. The van der Waals surface area contributed by atoms with Crippen LogP contribution in [-0.4, -0.2) is 71.3 Å². The summed E-state index contributed by atoms with van der Waals surface area (Å²) < 4.78 is 5.06. The number of benzene rings is 1. The Morgan fingerprint density at radius 1 is 0.963 bits per heavy atom. The first-order chi connectivity index (χ1) is 24.5. The van der Waals surface area contributed by atoms with Crippen LogP contribution in [0.15, 0.2) is 24.3 Å². The number of imide groups is 1. The van der Waals surface area contributed by atoms with Gasteiger partial charge in [0.2, 0.25) is 30.0 Å². The van der Waals surface area contributed by atoms with E-state index in [1.54, 1.807) is 52.0 Å². The van der Waals surface area contributed by atoms with Gasteiger partial charge in [-0.1, -0.05) is 94.2 Å². The first-order valence-electron chi connectivity index (χ1n) is 18.3. The average molecular weight is 839 g/mol. The Labute approximate surface area is 349 Å². The van der Waals surface area contributed by atoms with Crippen LogP contribution < -0.4 is 21.8 Å². The molecule has 1 radical (unpaired) electrons. The van der Waals surface area contributed by atoms with E-state index >= 15 is 0 Å². The maximum Gasteiger partial charge on any atom is 0.308 e. The summed E-state index contributed by atoms with van der Waals surface area (Å²) in [6.07, 6.45) is 4.18. The predicted octanol–water partition coefficient (Wildman–Crippen LogP) is 6.15. The fourth-order valence-corrected chi connectivity index (χ4v) is 5.50. The van der Waals surface area contributed by atoms with Gasteiger partial charge in [-0.25, -0.2) is 5.90 Å². The Hall–Kier alpha value is -2.78. The molecule has 307 valence electrons. The molecule has 7 N–H and O–H groups in total. The minimum absolute atomic E-state index is 0. The van der Waals surface area contributed by atoms with Gasteiger partial charge < -0.3 is 31.6 Å². The van der Waals surface area contributed by atoms with E-state index in [2.05, 4.69) is 35.7 Å². The largest absolute Gasteiger partial charge is 0.677 e. The molecule has 0 saturated carbocycles. The van der Waals surface area contributed by atoms with E-state index < -0.39 is 16.4 Å². The van der Waals surface area contributed by atoms with E-state index in [4.69, 9.17) is 15.7 Å². The molecule has 2 rings (SSSR count). The van der Waals surface area contributed by atoms with Gasteiger partial charge in [0.15, 0.2) is 0 Å². The first kappa shape index (κ1) is 55.6. The number of anilines is 1. The molecule has 0 spiro atoms. The van der Waals surface area contributed by atoms with Crippen molar-refractivity contribution in [1.82, 2.24) is 15.5 Å². The molecule has 0 unspecified atom stereocenters. The maximum atomic E-state index is 13.1.